The maximum atomic E-state index is 13.1. The van der Waals surface area contributed by atoms with Gasteiger partial charge in [0.15, 0.2) is 5.78 Å². The Labute approximate surface area is 156 Å². The van der Waals surface area contributed by atoms with Crippen LogP contribution in [-0.2, 0) is 0 Å². The van der Waals surface area contributed by atoms with Crippen LogP contribution in [0.25, 0.3) is 33.0 Å². The number of methoxy groups -OCH3 is 1. The molecule has 4 aromatic rings. The summed E-state index contributed by atoms with van der Waals surface area (Å²) >= 11 is 0. The number of ketones is 1. The summed E-state index contributed by atoms with van der Waals surface area (Å²) in [5, 5.41) is 12.0. The summed E-state index contributed by atoms with van der Waals surface area (Å²) in [6.07, 6.45) is 0. The van der Waals surface area contributed by atoms with Gasteiger partial charge in [0.05, 0.1) is 7.11 Å². The zero-order chi connectivity index (χ0) is 18.5. The van der Waals surface area contributed by atoms with E-state index >= 15 is 0 Å². The van der Waals surface area contributed by atoms with Crippen molar-refractivity contribution in [3.05, 3.63) is 83.9 Å². The van der Waals surface area contributed by atoms with Crippen LogP contribution in [0.1, 0.15) is 15.9 Å². The van der Waals surface area contributed by atoms with Gasteiger partial charge in [-0.15, -0.1) is 0 Å². The number of benzene rings is 4. The predicted molar refractivity (Wildman–Crippen MR) is 106 cm³/mol. The molecule has 1 aliphatic rings. The molecule has 0 saturated heterocycles. The fourth-order valence-electron chi connectivity index (χ4n) is 3.89. The number of ether oxygens (including phenoxy) is 1. The van der Waals surface area contributed by atoms with Crippen molar-refractivity contribution in [2.24, 2.45) is 0 Å². The van der Waals surface area contributed by atoms with Gasteiger partial charge in [-0.2, -0.15) is 0 Å². The number of aromatic hydroxyl groups is 1. The maximum absolute atomic E-state index is 13.1. The van der Waals surface area contributed by atoms with Gasteiger partial charge in [0, 0.05) is 22.1 Å². The Morgan fingerprint density at radius 1 is 0.741 bits per heavy atom. The molecule has 3 nitrogen and oxygen atoms in total. The Bertz CT molecular complexity index is 1220. The first-order chi connectivity index (χ1) is 13.2. The maximum Gasteiger partial charge on any atom is 0.194 e. The molecule has 0 aromatic heterocycles. The molecule has 0 radical (unpaired) electrons. The minimum absolute atomic E-state index is 0.0576. The van der Waals surface area contributed by atoms with Crippen molar-refractivity contribution < 1.29 is 14.6 Å². The molecule has 1 N–H and O–H groups in total. The van der Waals surface area contributed by atoms with Crippen LogP contribution in [0.2, 0.25) is 0 Å². The number of rotatable bonds is 2. The van der Waals surface area contributed by atoms with E-state index < -0.39 is 0 Å². The van der Waals surface area contributed by atoms with Gasteiger partial charge >= 0.3 is 0 Å². The lowest BCUT2D eigenvalue weighted by Crippen LogP contribution is -1.95. The molecule has 0 bridgehead atoms. The van der Waals surface area contributed by atoms with E-state index in [2.05, 4.69) is 0 Å². The summed E-state index contributed by atoms with van der Waals surface area (Å²) < 4.78 is 5.35. The van der Waals surface area contributed by atoms with Crippen molar-refractivity contribution in [1.82, 2.24) is 0 Å². The lowest BCUT2D eigenvalue weighted by molar-refractivity contribution is 0.104. The molecule has 4 aromatic carbocycles. The molecular formula is C24H16O3. The number of carbonyl (C=O) groups is 1. The summed E-state index contributed by atoms with van der Waals surface area (Å²) in [6, 6.07) is 23.1. The van der Waals surface area contributed by atoms with Gasteiger partial charge < -0.3 is 9.84 Å². The number of fused-ring (bicyclic) bond motifs is 5. The molecule has 0 saturated carbocycles. The Kier molecular flexibility index (Phi) is 3.31. The lowest BCUT2D eigenvalue weighted by Gasteiger charge is -2.10. The topological polar surface area (TPSA) is 46.5 Å². The Hall–Kier alpha value is -3.59. The van der Waals surface area contributed by atoms with Crippen LogP contribution in [0, 0.1) is 0 Å². The summed E-state index contributed by atoms with van der Waals surface area (Å²) in [5.74, 6) is 0.741. The van der Waals surface area contributed by atoms with Crippen molar-refractivity contribution in [2.45, 2.75) is 0 Å². The molecule has 130 valence electrons. The number of phenols is 1. The van der Waals surface area contributed by atoms with Crippen molar-refractivity contribution in [3.63, 3.8) is 0 Å². The average Bonchev–Trinajstić information content (AvgIpc) is 3.00. The van der Waals surface area contributed by atoms with E-state index in [1.807, 2.05) is 66.7 Å². The first kappa shape index (κ1) is 15.6. The van der Waals surface area contributed by atoms with E-state index in [4.69, 9.17) is 4.74 Å². The third-order valence-electron chi connectivity index (χ3n) is 5.21. The second-order valence-corrected chi connectivity index (χ2v) is 6.69. The van der Waals surface area contributed by atoms with E-state index in [1.54, 1.807) is 13.2 Å². The van der Waals surface area contributed by atoms with E-state index in [-0.39, 0.29) is 11.5 Å². The van der Waals surface area contributed by atoms with Gasteiger partial charge in [0.2, 0.25) is 0 Å². The highest BCUT2D eigenvalue weighted by atomic mass is 16.5. The van der Waals surface area contributed by atoms with Crippen LogP contribution in [0.3, 0.4) is 0 Å². The first-order valence-corrected chi connectivity index (χ1v) is 8.75. The van der Waals surface area contributed by atoms with E-state index in [1.165, 1.54) is 0 Å². The molecule has 0 amide bonds. The standard InChI is InChI=1S/C24H16O3/c1-27-16-8-10-17-19(12-16)23-18-9-7-15(14-5-3-2-4-6-14)11-20(18)24(26)21(23)13-22(17)25/h2-13,25H,1H3. The quantitative estimate of drug-likeness (QED) is 0.461. The number of hydrogen-bond acceptors (Lipinski definition) is 3. The average molecular weight is 352 g/mol. The highest BCUT2D eigenvalue weighted by Gasteiger charge is 2.30. The first-order valence-electron chi connectivity index (χ1n) is 8.75. The molecule has 3 heteroatoms. The zero-order valence-corrected chi connectivity index (χ0v) is 14.7. The molecule has 1 aliphatic carbocycles. The van der Waals surface area contributed by atoms with Crippen molar-refractivity contribution in [3.8, 4) is 33.8 Å². The summed E-state index contributed by atoms with van der Waals surface area (Å²) in [7, 11) is 1.61. The molecule has 0 spiro atoms. The minimum Gasteiger partial charge on any atom is -0.507 e. The second kappa shape index (κ2) is 5.71. The largest absolute Gasteiger partial charge is 0.507 e. The molecular weight excluding hydrogens is 336 g/mol. The minimum atomic E-state index is -0.0576. The normalized spacial score (nSPS) is 12.1. The van der Waals surface area contributed by atoms with Gasteiger partial charge in [-0.25, -0.2) is 0 Å². The van der Waals surface area contributed by atoms with Crippen LogP contribution in [0.4, 0.5) is 0 Å². The second-order valence-electron chi connectivity index (χ2n) is 6.69. The molecule has 0 fully saturated rings. The van der Waals surface area contributed by atoms with Gasteiger partial charge in [-0.3, -0.25) is 4.79 Å². The smallest absolute Gasteiger partial charge is 0.194 e. The predicted octanol–water partition coefficient (Wildman–Crippen LogP) is 5.43. The van der Waals surface area contributed by atoms with Gasteiger partial charge in [-0.1, -0.05) is 42.5 Å². The third kappa shape index (κ3) is 2.25. The number of hydrogen-bond donors (Lipinski definition) is 1. The van der Waals surface area contributed by atoms with Crippen LogP contribution in [-0.4, -0.2) is 18.0 Å². The van der Waals surface area contributed by atoms with E-state index in [9.17, 15) is 9.90 Å². The molecule has 0 heterocycles. The molecule has 0 unspecified atom stereocenters. The van der Waals surface area contributed by atoms with Crippen LogP contribution >= 0.6 is 0 Å². The molecule has 0 atom stereocenters. The van der Waals surface area contributed by atoms with Crippen molar-refractivity contribution in [1.29, 1.82) is 0 Å². The van der Waals surface area contributed by atoms with Gasteiger partial charge in [0.1, 0.15) is 11.5 Å². The van der Waals surface area contributed by atoms with Crippen LogP contribution in [0.5, 0.6) is 11.5 Å². The van der Waals surface area contributed by atoms with Crippen LogP contribution < -0.4 is 4.74 Å². The van der Waals surface area contributed by atoms with Gasteiger partial charge in [-0.05, 0) is 52.4 Å². The molecule has 0 aliphatic heterocycles. The SMILES string of the molecule is COc1ccc2c(O)cc3c(c2c1)-c1ccc(-c2ccccc2)cc1C3=O. The Morgan fingerprint density at radius 2 is 1.56 bits per heavy atom. The Balaban J connectivity index is 1.79. The number of phenolic OH excluding ortho intramolecular Hbond substituents is 1. The van der Waals surface area contributed by atoms with E-state index in [0.29, 0.717) is 22.3 Å². The third-order valence-corrected chi connectivity index (χ3v) is 5.21. The highest BCUT2D eigenvalue weighted by Crippen LogP contribution is 2.46. The summed E-state index contributed by atoms with van der Waals surface area (Å²) in [6.45, 7) is 0. The highest BCUT2D eigenvalue weighted by molar-refractivity contribution is 6.27. The summed E-state index contributed by atoms with van der Waals surface area (Å²) in [4.78, 5) is 13.1. The van der Waals surface area contributed by atoms with Crippen LogP contribution in [0.15, 0.2) is 72.8 Å². The lowest BCUT2D eigenvalue weighted by atomic mass is 9.95. The van der Waals surface area contributed by atoms with E-state index in [0.717, 1.165) is 27.6 Å². The van der Waals surface area contributed by atoms with Crippen molar-refractivity contribution >= 4 is 16.6 Å². The molecule has 27 heavy (non-hydrogen) atoms. The Morgan fingerprint density at radius 3 is 2.33 bits per heavy atom. The monoisotopic (exact) mass is 352 g/mol. The van der Waals surface area contributed by atoms with Crippen molar-refractivity contribution in [2.75, 3.05) is 7.11 Å². The number of carbonyl (C=O) groups excluding carboxylic acids is 1. The molecule has 5 rings (SSSR count). The fourth-order valence-corrected chi connectivity index (χ4v) is 3.89. The van der Waals surface area contributed by atoms with Gasteiger partial charge in [0.25, 0.3) is 0 Å². The zero-order valence-electron chi connectivity index (χ0n) is 14.7. The summed E-state index contributed by atoms with van der Waals surface area (Å²) in [5.41, 5.74) is 5.03. The fraction of sp³-hybridized carbons (Fsp3) is 0.0417.